The molecule has 0 aliphatic carbocycles. The highest BCUT2D eigenvalue weighted by atomic mass is 28.4. The normalized spacial score (nSPS) is 20.4. The van der Waals surface area contributed by atoms with E-state index >= 15 is 0 Å². The Kier molecular flexibility index (Phi) is 4.65. The average Bonchev–Trinajstić information content (AvgIpc) is 2.15. The molecule has 1 aliphatic heterocycles. The lowest BCUT2D eigenvalue weighted by molar-refractivity contribution is -0.135. The Morgan fingerprint density at radius 1 is 1.29 bits per heavy atom. The van der Waals surface area contributed by atoms with Crippen molar-refractivity contribution in [3.63, 3.8) is 0 Å². The second kappa shape index (κ2) is 5.54. The Balaban J connectivity index is 2.29. The summed E-state index contributed by atoms with van der Waals surface area (Å²) in [6.45, 7) is 4.32. The standard InChI is InChI=1S/C11H22O2Si/c1-3-4-8-11(12)13-14(2)9-6-5-7-10-14/h3-10H2,1-2H3. The third kappa shape index (κ3) is 3.82. The molecule has 1 heterocycles. The van der Waals surface area contributed by atoms with Crippen molar-refractivity contribution in [3.05, 3.63) is 0 Å². The van der Waals surface area contributed by atoms with Crippen LogP contribution in [0.5, 0.6) is 0 Å². The number of carbonyl (C=O) groups excluding carboxylic acids is 1. The number of unbranched alkanes of at least 4 members (excludes halogenated alkanes) is 1. The first kappa shape index (κ1) is 11.8. The largest absolute Gasteiger partial charge is 0.519 e. The Labute approximate surface area is 88.2 Å². The Hall–Kier alpha value is -0.313. The molecule has 3 heteroatoms. The van der Waals surface area contributed by atoms with Gasteiger partial charge < -0.3 is 4.43 Å². The summed E-state index contributed by atoms with van der Waals surface area (Å²) in [5.74, 6) is 0.0583. The fourth-order valence-corrected chi connectivity index (χ4v) is 5.15. The highest BCUT2D eigenvalue weighted by Crippen LogP contribution is 2.29. The van der Waals surface area contributed by atoms with Gasteiger partial charge in [0.1, 0.15) is 0 Å². The molecule has 0 amide bonds. The van der Waals surface area contributed by atoms with E-state index in [0.29, 0.717) is 6.42 Å². The van der Waals surface area contributed by atoms with Crippen LogP contribution in [-0.2, 0) is 9.22 Å². The molecule has 0 aromatic carbocycles. The van der Waals surface area contributed by atoms with Crippen LogP contribution in [0.2, 0.25) is 18.6 Å². The molecule has 0 radical (unpaired) electrons. The predicted octanol–water partition coefficient (Wildman–Crippen LogP) is 3.48. The molecule has 0 spiro atoms. The molecule has 2 nitrogen and oxygen atoms in total. The molecule has 1 saturated heterocycles. The van der Waals surface area contributed by atoms with Gasteiger partial charge in [0, 0.05) is 6.42 Å². The molecule has 0 unspecified atom stereocenters. The van der Waals surface area contributed by atoms with Gasteiger partial charge in [0.15, 0.2) is 0 Å². The smallest absolute Gasteiger partial charge is 0.292 e. The first-order valence-corrected chi connectivity index (χ1v) is 8.70. The minimum absolute atomic E-state index is 0.0583. The van der Waals surface area contributed by atoms with Gasteiger partial charge in [-0.25, -0.2) is 0 Å². The second-order valence-electron chi connectivity index (χ2n) is 4.59. The van der Waals surface area contributed by atoms with Crippen molar-refractivity contribution in [2.75, 3.05) is 0 Å². The molecule has 0 aromatic heterocycles. The molecule has 0 aromatic rings. The van der Waals surface area contributed by atoms with Gasteiger partial charge >= 0.3 is 0 Å². The summed E-state index contributed by atoms with van der Waals surface area (Å²) in [5, 5.41) is 0. The summed E-state index contributed by atoms with van der Waals surface area (Å²) in [7, 11) is -1.60. The van der Waals surface area contributed by atoms with E-state index in [1.54, 1.807) is 0 Å². The lowest BCUT2D eigenvalue weighted by Crippen LogP contribution is -2.38. The summed E-state index contributed by atoms with van der Waals surface area (Å²) in [4.78, 5) is 11.5. The van der Waals surface area contributed by atoms with Crippen molar-refractivity contribution in [2.24, 2.45) is 0 Å². The fraction of sp³-hybridized carbons (Fsp3) is 0.909. The van der Waals surface area contributed by atoms with Crippen LogP contribution in [0.25, 0.3) is 0 Å². The Morgan fingerprint density at radius 2 is 1.93 bits per heavy atom. The second-order valence-corrected chi connectivity index (χ2v) is 8.69. The zero-order valence-corrected chi connectivity index (χ0v) is 10.5. The van der Waals surface area contributed by atoms with Gasteiger partial charge in [-0.3, -0.25) is 4.79 Å². The first-order valence-electron chi connectivity index (χ1n) is 5.88. The van der Waals surface area contributed by atoms with Crippen LogP contribution in [0.4, 0.5) is 0 Å². The topological polar surface area (TPSA) is 26.3 Å². The number of carbonyl (C=O) groups is 1. The maximum Gasteiger partial charge on any atom is 0.292 e. The highest BCUT2D eigenvalue weighted by molar-refractivity contribution is 6.74. The Morgan fingerprint density at radius 3 is 2.50 bits per heavy atom. The SMILES string of the molecule is CCCCC(=O)O[Si]1(C)CCCCC1. The van der Waals surface area contributed by atoms with E-state index in [1.807, 2.05) is 0 Å². The van der Waals surface area contributed by atoms with Gasteiger partial charge in [-0.05, 0) is 25.1 Å². The molecule has 1 fully saturated rings. The summed E-state index contributed by atoms with van der Waals surface area (Å²) in [6.07, 6.45) is 6.54. The van der Waals surface area contributed by atoms with E-state index < -0.39 is 8.32 Å². The van der Waals surface area contributed by atoms with Crippen molar-refractivity contribution >= 4 is 14.3 Å². The molecule has 0 N–H and O–H groups in total. The van der Waals surface area contributed by atoms with Crippen molar-refractivity contribution in [1.29, 1.82) is 0 Å². The van der Waals surface area contributed by atoms with Crippen LogP contribution in [0.15, 0.2) is 0 Å². The summed E-state index contributed by atoms with van der Waals surface area (Å²) in [5.41, 5.74) is 0. The van der Waals surface area contributed by atoms with Gasteiger partial charge in [0.05, 0.1) is 0 Å². The molecule has 0 bridgehead atoms. The summed E-state index contributed by atoms with van der Waals surface area (Å²) < 4.78 is 5.68. The molecule has 14 heavy (non-hydrogen) atoms. The van der Waals surface area contributed by atoms with E-state index in [1.165, 1.54) is 31.4 Å². The highest BCUT2D eigenvalue weighted by Gasteiger charge is 2.34. The quantitative estimate of drug-likeness (QED) is 0.670. The van der Waals surface area contributed by atoms with Crippen LogP contribution in [0.3, 0.4) is 0 Å². The lowest BCUT2D eigenvalue weighted by atomic mass is 10.3. The maximum atomic E-state index is 11.5. The van der Waals surface area contributed by atoms with Crippen LogP contribution in [0.1, 0.15) is 45.4 Å². The van der Waals surface area contributed by atoms with Gasteiger partial charge in [0.2, 0.25) is 0 Å². The minimum Gasteiger partial charge on any atom is -0.519 e. The zero-order chi connectivity index (χ0) is 10.4. The molecule has 0 saturated carbocycles. The van der Waals surface area contributed by atoms with E-state index in [4.69, 9.17) is 4.43 Å². The summed E-state index contributed by atoms with van der Waals surface area (Å²) in [6, 6.07) is 2.37. The zero-order valence-electron chi connectivity index (χ0n) is 9.47. The predicted molar refractivity (Wildman–Crippen MR) is 60.7 cm³/mol. The van der Waals surface area contributed by atoms with Gasteiger partial charge in [-0.2, -0.15) is 0 Å². The number of hydrogen-bond acceptors (Lipinski definition) is 2. The van der Waals surface area contributed by atoms with Gasteiger partial charge in [-0.1, -0.05) is 32.6 Å². The lowest BCUT2D eigenvalue weighted by Gasteiger charge is -2.30. The molecule has 1 rings (SSSR count). The van der Waals surface area contributed by atoms with Crippen molar-refractivity contribution < 1.29 is 9.22 Å². The van der Waals surface area contributed by atoms with Crippen LogP contribution in [0, 0.1) is 0 Å². The molecular weight excluding hydrogens is 192 g/mol. The Bertz CT molecular complexity index is 186. The third-order valence-corrected chi connectivity index (χ3v) is 6.55. The average molecular weight is 214 g/mol. The van der Waals surface area contributed by atoms with Gasteiger partial charge in [-0.15, -0.1) is 0 Å². The summed E-state index contributed by atoms with van der Waals surface area (Å²) >= 11 is 0. The van der Waals surface area contributed by atoms with E-state index in [9.17, 15) is 4.79 Å². The van der Waals surface area contributed by atoms with E-state index in [0.717, 1.165) is 12.8 Å². The van der Waals surface area contributed by atoms with Crippen LogP contribution >= 0.6 is 0 Å². The molecular formula is C11H22O2Si. The fourth-order valence-electron chi connectivity index (χ4n) is 2.05. The maximum absolute atomic E-state index is 11.5. The van der Waals surface area contributed by atoms with Crippen molar-refractivity contribution in [2.45, 2.75) is 64.1 Å². The number of hydrogen-bond donors (Lipinski definition) is 0. The van der Waals surface area contributed by atoms with Gasteiger partial charge in [0.25, 0.3) is 14.3 Å². The monoisotopic (exact) mass is 214 g/mol. The molecule has 82 valence electrons. The van der Waals surface area contributed by atoms with Crippen LogP contribution < -0.4 is 0 Å². The van der Waals surface area contributed by atoms with Crippen LogP contribution in [-0.4, -0.2) is 14.3 Å². The first-order chi connectivity index (χ1) is 6.66. The van der Waals surface area contributed by atoms with E-state index in [-0.39, 0.29) is 5.97 Å². The van der Waals surface area contributed by atoms with Crippen molar-refractivity contribution in [1.82, 2.24) is 0 Å². The van der Waals surface area contributed by atoms with E-state index in [2.05, 4.69) is 13.5 Å². The number of rotatable bonds is 4. The molecule has 0 atom stereocenters. The third-order valence-electron chi connectivity index (χ3n) is 3.01. The van der Waals surface area contributed by atoms with Crippen molar-refractivity contribution in [3.8, 4) is 0 Å². The molecule has 1 aliphatic rings. The minimum atomic E-state index is -1.60.